The molecule has 3 nitrogen and oxygen atoms in total. The third kappa shape index (κ3) is 5.09. The van der Waals surface area contributed by atoms with Gasteiger partial charge in [0, 0.05) is 17.5 Å². The maximum Gasteiger partial charge on any atom is 0.223 e. The van der Waals surface area contributed by atoms with Crippen LogP contribution in [0.5, 0.6) is 11.6 Å². The van der Waals surface area contributed by atoms with Crippen molar-refractivity contribution >= 4 is 11.8 Å². The van der Waals surface area contributed by atoms with Crippen LogP contribution in [0.4, 0.5) is 0 Å². The van der Waals surface area contributed by atoms with E-state index in [4.69, 9.17) is 4.74 Å². The Balaban J connectivity index is 1.79. The Bertz CT molecular complexity index is 888. The third-order valence-corrected chi connectivity index (χ3v) is 4.88. The van der Waals surface area contributed by atoms with E-state index in [1.165, 1.54) is 22.3 Å². The molecule has 0 radical (unpaired) electrons. The Labute approximate surface area is 159 Å². The molecule has 26 heavy (non-hydrogen) atoms. The predicted molar refractivity (Wildman–Crippen MR) is 108 cm³/mol. The van der Waals surface area contributed by atoms with Gasteiger partial charge in [-0.2, -0.15) is 4.98 Å². The summed E-state index contributed by atoms with van der Waals surface area (Å²) in [6.45, 7) is 8.34. The summed E-state index contributed by atoms with van der Waals surface area (Å²) in [6, 6.07) is 16.6. The second kappa shape index (κ2) is 8.37. The summed E-state index contributed by atoms with van der Waals surface area (Å²) in [7, 11) is 0. The minimum Gasteiger partial charge on any atom is -0.439 e. The highest BCUT2D eigenvalue weighted by atomic mass is 32.2. The summed E-state index contributed by atoms with van der Waals surface area (Å²) < 4.78 is 6.03. The minimum atomic E-state index is 0.605. The van der Waals surface area contributed by atoms with Gasteiger partial charge in [-0.05, 0) is 56.0 Å². The smallest absolute Gasteiger partial charge is 0.223 e. The molecular weight excluding hydrogens is 340 g/mol. The lowest BCUT2D eigenvalue weighted by atomic mass is 10.1. The number of hydrogen-bond donors (Lipinski definition) is 0. The molecule has 0 aliphatic rings. The monoisotopic (exact) mass is 364 g/mol. The molecule has 0 saturated heterocycles. The van der Waals surface area contributed by atoms with Gasteiger partial charge in [0.1, 0.15) is 5.75 Å². The second-order valence-corrected chi connectivity index (χ2v) is 7.48. The first-order chi connectivity index (χ1) is 12.5. The highest BCUT2D eigenvalue weighted by molar-refractivity contribution is 7.98. The number of rotatable bonds is 6. The van der Waals surface area contributed by atoms with Gasteiger partial charge < -0.3 is 4.74 Å². The van der Waals surface area contributed by atoms with E-state index in [0.717, 1.165) is 28.8 Å². The quantitative estimate of drug-likeness (QED) is 0.394. The van der Waals surface area contributed by atoms with Gasteiger partial charge in [-0.15, -0.1) is 0 Å². The average Bonchev–Trinajstić information content (AvgIpc) is 2.59. The van der Waals surface area contributed by atoms with Crippen LogP contribution in [-0.2, 0) is 12.2 Å². The van der Waals surface area contributed by atoms with Gasteiger partial charge in [-0.3, -0.25) is 0 Å². The molecule has 0 amide bonds. The Morgan fingerprint density at radius 3 is 2.35 bits per heavy atom. The van der Waals surface area contributed by atoms with Gasteiger partial charge in [0.15, 0.2) is 5.16 Å². The molecule has 0 unspecified atom stereocenters. The Kier molecular flexibility index (Phi) is 5.94. The van der Waals surface area contributed by atoms with Crippen LogP contribution in [-0.4, -0.2) is 9.97 Å². The van der Waals surface area contributed by atoms with Crippen LogP contribution in [0.15, 0.2) is 53.7 Å². The van der Waals surface area contributed by atoms with Crippen molar-refractivity contribution in [3.8, 4) is 11.6 Å². The highest BCUT2D eigenvalue weighted by Crippen LogP contribution is 2.26. The first-order valence-corrected chi connectivity index (χ1v) is 9.83. The lowest BCUT2D eigenvalue weighted by Crippen LogP contribution is -1.98. The lowest BCUT2D eigenvalue weighted by molar-refractivity contribution is 0.453. The fourth-order valence-electron chi connectivity index (χ4n) is 2.81. The van der Waals surface area contributed by atoms with E-state index < -0.39 is 0 Å². The standard InChI is InChI=1S/C22H24N2OS/c1-5-19-13-21(25-20-11-16(3)9-17(4)12-20)24-22(23-19)26-14-18-8-6-7-15(2)10-18/h6-13H,5,14H2,1-4H3. The molecule has 2 aromatic carbocycles. The summed E-state index contributed by atoms with van der Waals surface area (Å²) in [4.78, 5) is 9.24. The Hall–Kier alpha value is -2.33. The highest BCUT2D eigenvalue weighted by Gasteiger charge is 2.08. The van der Waals surface area contributed by atoms with Crippen LogP contribution >= 0.6 is 11.8 Å². The molecule has 0 N–H and O–H groups in total. The summed E-state index contributed by atoms with van der Waals surface area (Å²) in [5.41, 5.74) is 5.89. The van der Waals surface area contributed by atoms with Gasteiger partial charge in [0.2, 0.25) is 5.88 Å². The fraction of sp³-hybridized carbons (Fsp3) is 0.273. The van der Waals surface area contributed by atoms with Crippen molar-refractivity contribution < 1.29 is 4.74 Å². The molecule has 0 aliphatic carbocycles. The van der Waals surface area contributed by atoms with Gasteiger partial charge in [-0.1, -0.05) is 54.6 Å². The molecular formula is C22H24N2OS. The van der Waals surface area contributed by atoms with Crippen LogP contribution in [0.3, 0.4) is 0 Å². The first-order valence-electron chi connectivity index (χ1n) is 8.84. The van der Waals surface area contributed by atoms with E-state index in [1.807, 2.05) is 18.2 Å². The molecule has 0 aliphatic heterocycles. The van der Waals surface area contributed by atoms with Crippen molar-refractivity contribution in [3.05, 3.63) is 76.5 Å². The number of benzene rings is 2. The number of aryl methyl sites for hydroxylation is 4. The van der Waals surface area contributed by atoms with Crippen molar-refractivity contribution in [1.82, 2.24) is 9.97 Å². The van der Waals surface area contributed by atoms with Gasteiger partial charge in [0.05, 0.1) is 0 Å². The van der Waals surface area contributed by atoms with Crippen LogP contribution in [0.25, 0.3) is 0 Å². The molecule has 134 valence electrons. The van der Waals surface area contributed by atoms with Crippen molar-refractivity contribution in [3.63, 3.8) is 0 Å². The molecule has 0 fully saturated rings. The van der Waals surface area contributed by atoms with Crippen molar-refractivity contribution in [2.45, 2.75) is 45.0 Å². The summed E-state index contributed by atoms with van der Waals surface area (Å²) >= 11 is 1.64. The second-order valence-electron chi connectivity index (χ2n) is 6.54. The first kappa shape index (κ1) is 18.5. The van der Waals surface area contributed by atoms with Crippen molar-refractivity contribution in [2.24, 2.45) is 0 Å². The normalized spacial score (nSPS) is 10.8. The van der Waals surface area contributed by atoms with Gasteiger partial charge in [-0.25, -0.2) is 4.98 Å². The fourth-order valence-corrected chi connectivity index (χ4v) is 3.62. The number of hydrogen-bond acceptors (Lipinski definition) is 4. The Morgan fingerprint density at radius 2 is 1.65 bits per heavy atom. The van der Waals surface area contributed by atoms with Gasteiger partial charge >= 0.3 is 0 Å². The van der Waals surface area contributed by atoms with Gasteiger partial charge in [0.25, 0.3) is 0 Å². The zero-order valence-electron chi connectivity index (χ0n) is 15.7. The summed E-state index contributed by atoms with van der Waals surface area (Å²) in [6.07, 6.45) is 0.851. The largest absolute Gasteiger partial charge is 0.439 e. The SMILES string of the molecule is CCc1cc(Oc2cc(C)cc(C)c2)nc(SCc2cccc(C)c2)n1. The van der Waals surface area contributed by atoms with E-state index >= 15 is 0 Å². The molecule has 0 bridgehead atoms. The molecule has 1 aromatic heterocycles. The topological polar surface area (TPSA) is 35.0 Å². The third-order valence-electron chi connectivity index (χ3n) is 3.97. The number of aromatic nitrogens is 2. The lowest BCUT2D eigenvalue weighted by Gasteiger charge is -2.10. The van der Waals surface area contributed by atoms with Crippen LogP contribution < -0.4 is 4.74 Å². The summed E-state index contributed by atoms with van der Waals surface area (Å²) in [5.74, 6) is 2.27. The molecule has 3 aromatic rings. The predicted octanol–water partition coefficient (Wildman–Crippen LogP) is 6.05. The minimum absolute atomic E-state index is 0.605. The summed E-state index contributed by atoms with van der Waals surface area (Å²) in [5, 5.41) is 0.755. The zero-order chi connectivity index (χ0) is 18.5. The van der Waals surface area contributed by atoms with E-state index in [0.29, 0.717) is 5.88 Å². The molecule has 1 heterocycles. The molecule has 4 heteroatoms. The van der Waals surface area contributed by atoms with Crippen LogP contribution in [0, 0.1) is 20.8 Å². The average molecular weight is 365 g/mol. The van der Waals surface area contributed by atoms with Crippen LogP contribution in [0.2, 0.25) is 0 Å². The van der Waals surface area contributed by atoms with E-state index in [1.54, 1.807) is 11.8 Å². The number of ether oxygens (including phenoxy) is 1. The maximum atomic E-state index is 6.03. The van der Waals surface area contributed by atoms with Crippen LogP contribution in [0.1, 0.15) is 34.9 Å². The van der Waals surface area contributed by atoms with Crippen molar-refractivity contribution in [2.75, 3.05) is 0 Å². The number of thioether (sulfide) groups is 1. The molecule has 0 spiro atoms. The molecule has 3 rings (SSSR count). The molecule has 0 atom stereocenters. The molecule has 0 saturated carbocycles. The van der Waals surface area contributed by atoms with E-state index in [2.05, 4.69) is 68.0 Å². The van der Waals surface area contributed by atoms with E-state index in [-0.39, 0.29) is 0 Å². The Morgan fingerprint density at radius 1 is 0.885 bits per heavy atom. The van der Waals surface area contributed by atoms with Crippen molar-refractivity contribution in [1.29, 1.82) is 0 Å². The number of nitrogens with zero attached hydrogens (tertiary/aromatic N) is 2. The van der Waals surface area contributed by atoms with E-state index in [9.17, 15) is 0 Å². The zero-order valence-corrected chi connectivity index (χ0v) is 16.6. The maximum absolute atomic E-state index is 6.03.